The van der Waals surface area contributed by atoms with Crippen LogP contribution in [0.1, 0.15) is 63.5 Å². The molecule has 0 radical (unpaired) electrons. The summed E-state index contributed by atoms with van der Waals surface area (Å²) in [6.07, 6.45) is 0.722. The van der Waals surface area contributed by atoms with Crippen LogP contribution in [0.2, 0.25) is 0 Å². The predicted molar refractivity (Wildman–Crippen MR) is 104 cm³/mol. The maximum absolute atomic E-state index is 12.3. The van der Waals surface area contributed by atoms with E-state index in [1.54, 1.807) is 0 Å². The summed E-state index contributed by atoms with van der Waals surface area (Å²) in [7, 11) is 3.99. The predicted octanol–water partition coefficient (Wildman–Crippen LogP) is 3.33. The van der Waals surface area contributed by atoms with E-state index in [9.17, 15) is 9.59 Å². The lowest BCUT2D eigenvalue weighted by Gasteiger charge is -2.20. The molecule has 5 heteroatoms. The molecule has 140 valence electrons. The molecule has 0 bridgehead atoms. The van der Waals surface area contributed by atoms with Gasteiger partial charge in [-0.3, -0.25) is 9.59 Å². The molecule has 1 aromatic carbocycles. The number of hydrogen-bond donors (Lipinski definition) is 2. The molecule has 1 rings (SSSR count). The minimum atomic E-state index is -0.264. The third-order valence-electron chi connectivity index (χ3n) is 4.06. The van der Waals surface area contributed by atoms with Crippen molar-refractivity contribution < 1.29 is 9.59 Å². The van der Waals surface area contributed by atoms with E-state index in [4.69, 9.17) is 0 Å². The summed E-state index contributed by atoms with van der Waals surface area (Å²) in [6.45, 7) is 9.91. The second-order valence-corrected chi connectivity index (χ2v) is 7.35. The van der Waals surface area contributed by atoms with Crippen molar-refractivity contribution in [1.29, 1.82) is 0 Å². The van der Waals surface area contributed by atoms with Gasteiger partial charge in [0.1, 0.15) is 6.42 Å². The first-order valence-electron chi connectivity index (χ1n) is 9.06. The van der Waals surface area contributed by atoms with Crippen LogP contribution in [-0.2, 0) is 9.59 Å². The first-order chi connectivity index (χ1) is 11.7. The number of nitrogens with zero attached hydrogens (tertiary/aromatic N) is 1. The summed E-state index contributed by atoms with van der Waals surface area (Å²) >= 11 is 0. The average Bonchev–Trinajstić information content (AvgIpc) is 2.50. The third kappa shape index (κ3) is 7.26. The van der Waals surface area contributed by atoms with Crippen LogP contribution in [0, 0.1) is 0 Å². The van der Waals surface area contributed by atoms with Gasteiger partial charge in [-0.25, -0.2) is 0 Å². The zero-order valence-corrected chi connectivity index (χ0v) is 16.5. The van der Waals surface area contributed by atoms with Gasteiger partial charge in [-0.15, -0.1) is 0 Å². The van der Waals surface area contributed by atoms with Crippen LogP contribution in [0.5, 0.6) is 0 Å². The Kier molecular flexibility index (Phi) is 8.62. The lowest BCUT2D eigenvalue weighted by molar-refractivity contribution is -0.126. The second kappa shape index (κ2) is 10.2. The lowest BCUT2D eigenvalue weighted by Crippen LogP contribution is -2.30. The van der Waals surface area contributed by atoms with E-state index in [1.807, 2.05) is 32.3 Å². The van der Waals surface area contributed by atoms with E-state index in [-0.39, 0.29) is 18.2 Å². The molecule has 0 aromatic heterocycles. The fourth-order valence-electron chi connectivity index (χ4n) is 2.71. The lowest BCUT2D eigenvalue weighted by atomic mass is 9.92. The van der Waals surface area contributed by atoms with E-state index < -0.39 is 0 Å². The molecular weight excluding hydrogens is 314 g/mol. The summed E-state index contributed by atoms with van der Waals surface area (Å²) in [6, 6.07) is 6.10. The van der Waals surface area contributed by atoms with Crippen LogP contribution >= 0.6 is 0 Å². The fourth-order valence-corrected chi connectivity index (χ4v) is 2.71. The highest BCUT2D eigenvalue weighted by atomic mass is 16.2. The van der Waals surface area contributed by atoms with Crippen molar-refractivity contribution in [2.75, 3.05) is 32.5 Å². The molecule has 0 saturated carbocycles. The van der Waals surface area contributed by atoms with Gasteiger partial charge >= 0.3 is 0 Å². The molecule has 0 aliphatic rings. The molecule has 2 amide bonds. The van der Waals surface area contributed by atoms with Gasteiger partial charge in [0.15, 0.2) is 0 Å². The number of carbonyl (C=O) groups is 2. The van der Waals surface area contributed by atoms with E-state index in [1.165, 1.54) is 0 Å². The normalized spacial score (nSPS) is 11.2. The Balaban J connectivity index is 2.69. The monoisotopic (exact) mass is 347 g/mol. The molecule has 0 unspecified atom stereocenters. The molecule has 1 aromatic rings. The molecule has 25 heavy (non-hydrogen) atoms. The Morgan fingerprint density at radius 1 is 1.00 bits per heavy atom. The molecule has 0 atom stereocenters. The van der Waals surface area contributed by atoms with Gasteiger partial charge in [0.2, 0.25) is 11.8 Å². The quantitative estimate of drug-likeness (QED) is 0.532. The van der Waals surface area contributed by atoms with E-state index in [0.717, 1.165) is 29.8 Å². The minimum Gasteiger partial charge on any atom is -0.356 e. The summed E-state index contributed by atoms with van der Waals surface area (Å²) in [5, 5.41) is 5.78. The number of amides is 2. The summed E-state index contributed by atoms with van der Waals surface area (Å²) in [4.78, 5) is 26.3. The summed E-state index contributed by atoms with van der Waals surface area (Å²) in [5.41, 5.74) is 3.06. The van der Waals surface area contributed by atoms with Crippen LogP contribution in [0.3, 0.4) is 0 Å². The Bertz CT molecular complexity index is 554. The van der Waals surface area contributed by atoms with Crippen molar-refractivity contribution >= 4 is 17.5 Å². The number of carbonyl (C=O) groups excluding carboxylic acids is 2. The molecule has 0 aliphatic heterocycles. The molecule has 0 heterocycles. The number of rotatable bonds is 9. The molecular formula is C20H33N3O2. The molecule has 0 aliphatic carbocycles. The van der Waals surface area contributed by atoms with Crippen LogP contribution in [0.15, 0.2) is 18.2 Å². The molecule has 2 N–H and O–H groups in total. The first-order valence-corrected chi connectivity index (χ1v) is 9.06. The van der Waals surface area contributed by atoms with Crippen LogP contribution in [-0.4, -0.2) is 43.9 Å². The number of para-hydroxylation sites is 1. The number of nitrogens with one attached hydrogen (secondary N) is 2. The van der Waals surface area contributed by atoms with E-state index in [2.05, 4.69) is 43.2 Å². The van der Waals surface area contributed by atoms with Crippen molar-refractivity contribution in [2.24, 2.45) is 0 Å². The second-order valence-electron chi connectivity index (χ2n) is 7.35. The highest BCUT2D eigenvalue weighted by molar-refractivity contribution is 6.04. The fraction of sp³-hybridized carbons (Fsp3) is 0.600. The van der Waals surface area contributed by atoms with Crippen LogP contribution in [0.4, 0.5) is 5.69 Å². The molecule has 0 spiro atoms. The largest absolute Gasteiger partial charge is 0.356 e. The highest BCUT2D eigenvalue weighted by Gasteiger charge is 2.17. The van der Waals surface area contributed by atoms with Crippen molar-refractivity contribution in [3.63, 3.8) is 0 Å². The molecule has 5 nitrogen and oxygen atoms in total. The van der Waals surface area contributed by atoms with Gasteiger partial charge in [-0.1, -0.05) is 45.9 Å². The zero-order valence-electron chi connectivity index (χ0n) is 16.5. The van der Waals surface area contributed by atoms with Crippen molar-refractivity contribution in [1.82, 2.24) is 10.2 Å². The van der Waals surface area contributed by atoms with Crippen molar-refractivity contribution in [3.8, 4) is 0 Å². The number of hydrogen-bond acceptors (Lipinski definition) is 3. The van der Waals surface area contributed by atoms with Gasteiger partial charge < -0.3 is 15.5 Å². The first kappa shape index (κ1) is 21.2. The van der Waals surface area contributed by atoms with E-state index in [0.29, 0.717) is 18.4 Å². The van der Waals surface area contributed by atoms with Crippen LogP contribution < -0.4 is 10.6 Å². The molecule has 0 fully saturated rings. The van der Waals surface area contributed by atoms with Crippen LogP contribution in [0.25, 0.3) is 0 Å². The number of anilines is 1. The van der Waals surface area contributed by atoms with Crippen molar-refractivity contribution in [3.05, 3.63) is 29.3 Å². The smallest absolute Gasteiger partial charge is 0.233 e. The maximum Gasteiger partial charge on any atom is 0.233 e. The topological polar surface area (TPSA) is 61.4 Å². The van der Waals surface area contributed by atoms with Gasteiger partial charge in [-0.2, -0.15) is 0 Å². The van der Waals surface area contributed by atoms with Gasteiger partial charge in [-0.05, 0) is 50.0 Å². The Labute approximate surface area is 152 Å². The van der Waals surface area contributed by atoms with Gasteiger partial charge in [0.05, 0.1) is 0 Å². The molecule has 0 saturated heterocycles. The number of benzene rings is 1. The standard InChI is InChI=1S/C20H33N3O2/c1-14(2)16-9-7-10-17(15(3)4)20(16)22-19(25)13-18(24)21-11-8-12-23(5)6/h7,9-10,14-15H,8,11-13H2,1-6H3,(H,21,24)(H,22,25). The maximum atomic E-state index is 12.3. The minimum absolute atomic E-state index is 0.147. The Morgan fingerprint density at radius 3 is 2.04 bits per heavy atom. The highest BCUT2D eigenvalue weighted by Crippen LogP contribution is 2.32. The van der Waals surface area contributed by atoms with Gasteiger partial charge in [0.25, 0.3) is 0 Å². The Morgan fingerprint density at radius 2 is 1.56 bits per heavy atom. The summed E-state index contributed by atoms with van der Waals surface area (Å²) < 4.78 is 0. The van der Waals surface area contributed by atoms with E-state index >= 15 is 0 Å². The Hall–Kier alpha value is -1.88. The average molecular weight is 348 g/mol. The summed E-state index contributed by atoms with van der Waals surface area (Å²) in [5.74, 6) is 0.104. The van der Waals surface area contributed by atoms with Crippen molar-refractivity contribution in [2.45, 2.75) is 52.4 Å². The SMILES string of the molecule is CC(C)c1cccc(C(C)C)c1NC(=O)CC(=O)NCCCN(C)C. The zero-order chi connectivity index (χ0) is 19.0. The van der Waals surface area contributed by atoms with Gasteiger partial charge in [0, 0.05) is 12.2 Å². The third-order valence-corrected chi connectivity index (χ3v) is 4.06.